The van der Waals surface area contributed by atoms with Crippen LogP contribution in [-0.2, 0) is 0 Å². The highest BCUT2D eigenvalue weighted by molar-refractivity contribution is 5.49. The van der Waals surface area contributed by atoms with Crippen molar-refractivity contribution in [3.05, 3.63) is 36.7 Å². The second kappa shape index (κ2) is 4.90. The summed E-state index contributed by atoms with van der Waals surface area (Å²) in [7, 11) is 0. The quantitative estimate of drug-likeness (QED) is 0.924. The van der Waals surface area contributed by atoms with Crippen LogP contribution in [0.1, 0.15) is 19.3 Å². The number of fused-ring (bicyclic) bond motifs is 1. The first-order valence-electron chi connectivity index (χ1n) is 7.37. The molecule has 4 rings (SSSR count). The molecular weight excluding hydrogens is 250 g/mol. The molecule has 2 fully saturated rings. The molecule has 2 unspecified atom stereocenters. The van der Waals surface area contributed by atoms with Crippen molar-refractivity contribution in [3.8, 4) is 5.69 Å². The first-order chi connectivity index (χ1) is 9.90. The van der Waals surface area contributed by atoms with Crippen molar-refractivity contribution >= 4 is 5.69 Å². The fourth-order valence-corrected chi connectivity index (χ4v) is 3.50. The standard InChI is InChI=1S/C15H19N5/c1-2-15-14(7-11-19(15)10-1)18-12-3-5-13(6-4-12)20-16-8-9-17-20/h3-6,8-9,14-15,18H,1-2,7,10-11H2. The molecule has 2 aliphatic heterocycles. The Labute approximate surface area is 118 Å². The zero-order valence-electron chi connectivity index (χ0n) is 11.4. The van der Waals surface area contributed by atoms with Gasteiger partial charge in [-0.3, -0.25) is 4.90 Å². The number of rotatable bonds is 3. The minimum atomic E-state index is 0.603. The van der Waals surface area contributed by atoms with Gasteiger partial charge in [-0.05, 0) is 50.1 Å². The molecule has 0 saturated carbocycles. The number of aromatic nitrogens is 3. The maximum absolute atomic E-state index is 4.14. The second-order valence-corrected chi connectivity index (χ2v) is 5.65. The van der Waals surface area contributed by atoms with Crippen molar-refractivity contribution < 1.29 is 0 Å². The van der Waals surface area contributed by atoms with E-state index in [0.717, 1.165) is 11.7 Å². The monoisotopic (exact) mass is 269 g/mol. The average molecular weight is 269 g/mol. The highest BCUT2D eigenvalue weighted by Crippen LogP contribution is 2.30. The lowest BCUT2D eigenvalue weighted by Gasteiger charge is -2.22. The SMILES string of the molecule is c1cnn(-c2ccc(NC3CCN4CCCC34)cc2)n1. The molecule has 5 nitrogen and oxygen atoms in total. The largest absolute Gasteiger partial charge is 0.381 e. The van der Waals surface area contributed by atoms with Crippen molar-refractivity contribution in [2.75, 3.05) is 18.4 Å². The molecule has 1 aromatic carbocycles. The molecule has 0 aliphatic carbocycles. The molecule has 0 amide bonds. The fourth-order valence-electron chi connectivity index (χ4n) is 3.50. The van der Waals surface area contributed by atoms with Crippen molar-refractivity contribution in [3.63, 3.8) is 0 Å². The maximum atomic E-state index is 4.14. The minimum absolute atomic E-state index is 0.603. The Morgan fingerprint density at radius 2 is 1.80 bits per heavy atom. The summed E-state index contributed by atoms with van der Waals surface area (Å²) in [4.78, 5) is 4.26. The molecule has 2 aromatic rings. The Kier molecular flexibility index (Phi) is 2.92. The number of hydrogen-bond acceptors (Lipinski definition) is 4. The predicted molar refractivity (Wildman–Crippen MR) is 78.0 cm³/mol. The van der Waals surface area contributed by atoms with Crippen LogP contribution in [0.5, 0.6) is 0 Å². The van der Waals surface area contributed by atoms with Crippen LogP contribution < -0.4 is 5.32 Å². The van der Waals surface area contributed by atoms with Crippen molar-refractivity contribution in [1.82, 2.24) is 19.9 Å². The van der Waals surface area contributed by atoms with E-state index >= 15 is 0 Å². The van der Waals surface area contributed by atoms with E-state index in [9.17, 15) is 0 Å². The van der Waals surface area contributed by atoms with E-state index < -0.39 is 0 Å². The molecule has 5 heteroatoms. The van der Waals surface area contributed by atoms with Gasteiger partial charge in [0.2, 0.25) is 0 Å². The molecule has 2 atom stereocenters. The Hall–Kier alpha value is -1.88. The van der Waals surface area contributed by atoms with Crippen molar-refractivity contribution in [1.29, 1.82) is 0 Å². The van der Waals surface area contributed by atoms with Crippen LogP contribution in [0.2, 0.25) is 0 Å². The molecule has 0 spiro atoms. The molecule has 1 aromatic heterocycles. The van der Waals surface area contributed by atoms with Gasteiger partial charge in [-0.1, -0.05) is 0 Å². The van der Waals surface area contributed by atoms with Crippen LogP contribution >= 0.6 is 0 Å². The van der Waals surface area contributed by atoms with E-state index in [-0.39, 0.29) is 0 Å². The van der Waals surface area contributed by atoms with E-state index in [4.69, 9.17) is 0 Å². The molecule has 3 heterocycles. The van der Waals surface area contributed by atoms with E-state index in [1.54, 1.807) is 17.2 Å². The van der Waals surface area contributed by atoms with Crippen molar-refractivity contribution in [2.24, 2.45) is 0 Å². The third-order valence-corrected chi connectivity index (χ3v) is 4.48. The highest BCUT2D eigenvalue weighted by Gasteiger charge is 2.36. The van der Waals surface area contributed by atoms with Gasteiger partial charge in [0.1, 0.15) is 0 Å². The Morgan fingerprint density at radius 1 is 1.00 bits per heavy atom. The van der Waals surface area contributed by atoms with Crippen LogP contribution in [0.4, 0.5) is 5.69 Å². The lowest BCUT2D eigenvalue weighted by atomic mass is 10.1. The summed E-state index contributed by atoms with van der Waals surface area (Å²) in [6.45, 7) is 2.53. The Balaban J connectivity index is 1.47. The average Bonchev–Trinajstić information content (AvgIpc) is 3.18. The first kappa shape index (κ1) is 11.9. The van der Waals surface area contributed by atoms with Gasteiger partial charge in [0, 0.05) is 24.3 Å². The normalized spacial score (nSPS) is 25.8. The van der Waals surface area contributed by atoms with Gasteiger partial charge in [0.15, 0.2) is 0 Å². The molecule has 1 N–H and O–H groups in total. The van der Waals surface area contributed by atoms with E-state index in [2.05, 4.69) is 44.7 Å². The van der Waals surface area contributed by atoms with Crippen LogP contribution in [-0.4, -0.2) is 45.1 Å². The zero-order chi connectivity index (χ0) is 13.4. The van der Waals surface area contributed by atoms with Gasteiger partial charge >= 0.3 is 0 Å². The number of nitrogens with one attached hydrogen (secondary N) is 1. The maximum Gasteiger partial charge on any atom is 0.0858 e. The third-order valence-electron chi connectivity index (χ3n) is 4.48. The van der Waals surface area contributed by atoms with E-state index in [0.29, 0.717) is 6.04 Å². The summed E-state index contributed by atoms with van der Waals surface area (Å²) in [6.07, 6.45) is 7.34. The van der Waals surface area contributed by atoms with Gasteiger partial charge in [-0.15, -0.1) is 0 Å². The smallest absolute Gasteiger partial charge is 0.0858 e. The lowest BCUT2D eigenvalue weighted by Crippen LogP contribution is -2.33. The van der Waals surface area contributed by atoms with Gasteiger partial charge in [0.25, 0.3) is 0 Å². The summed E-state index contributed by atoms with van der Waals surface area (Å²) in [5, 5.41) is 12.0. The van der Waals surface area contributed by atoms with Crippen molar-refractivity contribution in [2.45, 2.75) is 31.3 Å². The summed E-state index contributed by atoms with van der Waals surface area (Å²) in [6, 6.07) is 9.70. The van der Waals surface area contributed by atoms with Gasteiger partial charge in [0.05, 0.1) is 18.1 Å². The summed E-state index contributed by atoms with van der Waals surface area (Å²) >= 11 is 0. The summed E-state index contributed by atoms with van der Waals surface area (Å²) in [5.41, 5.74) is 2.19. The Bertz CT molecular complexity index is 562. The van der Waals surface area contributed by atoms with Crippen LogP contribution in [0, 0.1) is 0 Å². The third kappa shape index (κ3) is 2.08. The van der Waals surface area contributed by atoms with Crippen LogP contribution in [0.25, 0.3) is 5.69 Å². The van der Waals surface area contributed by atoms with Crippen LogP contribution in [0.15, 0.2) is 36.7 Å². The van der Waals surface area contributed by atoms with Gasteiger partial charge in [-0.2, -0.15) is 15.0 Å². The highest BCUT2D eigenvalue weighted by atomic mass is 15.5. The van der Waals surface area contributed by atoms with Gasteiger partial charge in [-0.25, -0.2) is 0 Å². The fraction of sp³-hybridized carbons (Fsp3) is 0.467. The first-order valence-corrected chi connectivity index (χ1v) is 7.37. The molecule has 104 valence electrons. The predicted octanol–water partition coefficient (Wildman–Crippen LogP) is 1.92. The van der Waals surface area contributed by atoms with Gasteiger partial charge < -0.3 is 5.32 Å². The topological polar surface area (TPSA) is 46.0 Å². The lowest BCUT2D eigenvalue weighted by molar-refractivity contribution is 0.318. The minimum Gasteiger partial charge on any atom is -0.381 e. The molecular formula is C15H19N5. The molecule has 0 bridgehead atoms. The zero-order valence-corrected chi connectivity index (χ0v) is 11.4. The number of anilines is 1. The molecule has 0 radical (unpaired) electrons. The molecule has 2 saturated heterocycles. The van der Waals surface area contributed by atoms with E-state index in [1.807, 2.05) is 0 Å². The van der Waals surface area contributed by atoms with E-state index in [1.165, 1.54) is 38.0 Å². The molecule has 2 aliphatic rings. The molecule has 20 heavy (non-hydrogen) atoms. The number of hydrogen-bond donors (Lipinski definition) is 1. The Morgan fingerprint density at radius 3 is 2.60 bits per heavy atom. The summed E-state index contributed by atoms with van der Waals surface area (Å²) < 4.78 is 0. The summed E-state index contributed by atoms with van der Waals surface area (Å²) in [5.74, 6) is 0. The number of benzene rings is 1. The second-order valence-electron chi connectivity index (χ2n) is 5.65. The number of nitrogens with zero attached hydrogens (tertiary/aromatic N) is 4. The van der Waals surface area contributed by atoms with Crippen LogP contribution in [0.3, 0.4) is 0 Å².